The Balaban J connectivity index is 2.32. The lowest BCUT2D eigenvalue weighted by Gasteiger charge is -2.08. The number of carbonyl (C=O) groups excluding carboxylic acids is 1. The minimum Gasteiger partial charge on any atom is -0.478 e. The molecule has 1 amide bonds. The van der Waals surface area contributed by atoms with Crippen molar-refractivity contribution < 1.29 is 19.1 Å². The van der Waals surface area contributed by atoms with Crippen molar-refractivity contribution in [2.45, 2.75) is 0 Å². The molecule has 0 bridgehead atoms. The van der Waals surface area contributed by atoms with Crippen LogP contribution in [0.3, 0.4) is 0 Å². The summed E-state index contributed by atoms with van der Waals surface area (Å²) < 4.78 is 12.9. The van der Waals surface area contributed by atoms with Gasteiger partial charge in [0.15, 0.2) is 0 Å². The van der Waals surface area contributed by atoms with Crippen LogP contribution in [0.4, 0.5) is 10.1 Å². The second-order valence-electron chi connectivity index (χ2n) is 3.79. The topological polar surface area (TPSA) is 79.3 Å². The maximum atomic E-state index is 12.9. The smallest absolute Gasteiger partial charge is 0.337 e. The summed E-state index contributed by atoms with van der Waals surface area (Å²) in [5, 5.41) is 11.6. The first-order valence-electron chi connectivity index (χ1n) is 5.44. The van der Waals surface area contributed by atoms with Crippen LogP contribution < -0.4 is 5.32 Å². The maximum Gasteiger partial charge on any atom is 0.337 e. The number of carbonyl (C=O) groups is 2. The van der Waals surface area contributed by atoms with Gasteiger partial charge >= 0.3 is 5.97 Å². The molecular formula is C13H8ClFN2O3. The van der Waals surface area contributed by atoms with E-state index in [1.807, 2.05) is 0 Å². The predicted molar refractivity (Wildman–Crippen MR) is 70.6 cm³/mol. The Hall–Kier alpha value is -2.47. The highest BCUT2D eigenvalue weighted by atomic mass is 35.5. The molecular weight excluding hydrogens is 287 g/mol. The number of nitrogens with zero attached hydrogens (tertiary/aromatic N) is 1. The van der Waals surface area contributed by atoms with Gasteiger partial charge in [0.1, 0.15) is 5.69 Å². The third kappa shape index (κ3) is 3.10. The first-order valence-corrected chi connectivity index (χ1v) is 5.82. The second-order valence-corrected chi connectivity index (χ2v) is 4.23. The van der Waals surface area contributed by atoms with E-state index >= 15 is 0 Å². The van der Waals surface area contributed by atoms with E-state index in [1.165, 1.54) is 30.3 Å². The molecule has 0 atom stereocenters. The van der Waals surface area contributed by atoms with Gasteiger partial charge in [0.05, 0.1) is 11.3 Å². The van der Waals surface area contributed by atoms with E-state index in [2.05, 4.69) is 10.3 Å². The molecule has 0 radical (unpaired) electrons. The average molecular weight is 295 g/mol. The predicted octanol–water partition coefficient (Wildman–Crippen LogP) is 2.82. The summed E-state index contributed by atoms with van der Waals surface area (Å²) in [6.45, 7) is 0. The van der Waals surface area contributed by atoms with Crippen LogP contribution >= 0.6 is 11.6 Å². The Morgan fingerprint density at radius 2 is 2.00 bits per heavy atom. The van der Waals surface area contributed by atoms with Crippen LogP contribution in [0, 0.1) is 5.95 Å². The van der Waals surface area contributed by atoms with Gasteiger partial charge in [-0.05, 0) is 30.3 Å². The average Bonchev–Trinajstić information content (AvgIpc) is 2.38. The van der Waals surface area contributed by atoms with Crippen molar-refractivity contribution in [1.82, 2.24) is 4.98 Å². The fourth-order valence-corrected chi connectivity index (χ4v) is 1.70. The largest absolute Gasteiger partial charge is 0.478 e. The number of hydrogen-bond acceptors (Lipinski definition) is 3. The first-order chi connectivity index (χ1) is 9.47. The third-order valence-electron chi connectivity index (χ3n) is 2.41. The lowest BCUT2D eigenvalue weighted by Crippen LogP contribution is -2.16. The molecule has 0 saturated carbocycles. The second kappa shape index (κ2) is 5.66. The van der Waals surface area contributed by atoms with Crippen LogP contribution in [-0.2, 0) is 0 Å². The van der Waals surface area contributed by atoms with Gasteiger partial charge in [-0.15, -0.1) is 0 Å². The van der Waals surface area contributed by atoms with Crippen LogP contribution in [0.2, 0.25) is 5.02 Å². The molecule has 0 unspecified atom stereocenters. The number of pyridine rings is 1. The van der Waals surface area contributed by atoms with Crippen LogP contribution in [0.15, 0.2) is 36.4 Å². The van der Waals surface area contributed by atoms with Gasteiger partial charge in [-0.1, -0.05) is 17.7 Å². The summed E-state index contributed by atoms with van der Waals surface area (Å²) in [5.41, 5.74) is -0.276. The van der Waals surface area contributed by atoms with E-state index < -0.39 is 17.8 Å². The number of benzene rings is 1. The summed E-state index contributed by atoms with van der Waals surface area (Å²) in [4.78, 5) is 26.3. The van der Waals surface area contributed by atoms with E-state index in [4.69, 9.17) is 16.7 Å². The highest BCUT2D eigenvalue weighted by Gasteiger charge is 2.15. The number of halogens is 2. The number of carboxylic acid groups (broad SMARTS) is 1. The number of anilines is 1. The van der Waals surface area contributed by atoms with E-state index in [-0.39, 0.29) is 22.0 Å². The molecule has 0 fully saturated rings. The number of hydrogen-bond donors (Lipinski definition) is 2. The molecule has 0 aliphatic heterocycles. The zero-order chi connectivity index (χ0) is 14.7. The van der Waals surface area contributed by atoms with Crippen LogP contribution in [0.25, 0.3) is 0 Å². The van der Waals surface area contributed by atoms with Crippen molar-refractivity contribution in [1.29, 1.82) is 0 Å². The first kappa shape index (κ1) is 14.0. The zero-order valence-corrected chi connectivity index (χ0v) is 10.7. The molecule has 7 heteroatoms. The molecule has 1 heterocycles. The van der Waals surface area contributed by atoms with Crippen molar-refractivity contribution in [2.24, 2.45) is 0 Å². The van der Waals surface area contributed by atoms with Crippen molar-refractivity contribution in [2.75, 3.05) is 5.32 Å². The highest BCUT2D eigenvalue weighted by molar-refractivity contribution is 6.31. The van der Waals surface area contributed by atoms with Gasteiger partial charge in [0.25, 0.3) is 5.91 Å². The molecule has 20 heavy (non-hydrogen) atoms. The van der Waals surface area contributed by atoms with Gasteiger partial charge < -0.3 is 10.4 Å². The van der Waals surface area contributed by atoms with Crippen molar-refractivity contribution in [3.8, 4) is 0 Å². The minimum atomic E-state index is -1.22. The van der Waals surface area contributed by atoms with Gasteiger partial charge in [-0.25, -0.2) is 9.78 Å². The molecule has 5 nitrogen and oxygen atoms in total. The fraction of sp³-hybridized carbons (Fsp3) is 0. The van der Waals surface area contributed by atoms with Crippen LogP contribution in [-0.4, -0.2) is 22.0 Å². The molecule has 0 saturated heterocycles. The maximum absolute atomic E-state index is 12.9. The normalized spacial score (nSPS) is 10.1. The van der Waals surface area contributed by atoms with Crippen LogP contribution in [0.1, 0.15) is 20.8 Å². The quantitative estimate of drug-likeness (QED) is 0.853. The van der Waals surface area contributed by atoms with Gasteiger partial charge in [0.2, 0.25) is 5.95 Å². The molecule has 0 spiro atoms. The van der Waals surface area contributed by atoms with Crippen molar-refractivity contribution in [3.05, 3.63) is 58.6 Å². The van der Waals surface area contributed by atoms with E-state index in [1.54, 1.807) is 0 Å². The van der Waals surface area contributed by atoms with Crippen molar-refractivity contribution >= 4 is 29.2 Å². The van der Waals surface area contributed by atoms with Gasteiger partial charge in [-0.3, -0.25) is 4.79 Å². The van der Waals surface area contributed by atoms with E-state index in [0.29, 0.717) is 0 Å². The van der Waals surface area contributed by atoms with E-state index in [9.17, 15) is 14.0 Å². The standard InChI is InChI=1S/C13H8ClFN2O3/c14-7-4-5-8(13(19)20)10(6-7)17-12(18)9-2-1-3-11(15)16-9/h1-6H,(H,17,18)(H,19,20). The zero-order valence-electron chi connectivity index (χ0n) is 9.93. The number of aromatic carboxylic acids is 1. The summed E-state index contributed by atoms with van der Waals surface area (Å²) in [6, 6.07) is 7.68. The lowest BCUT2D eigenvalue weighted by molar-refractivity contribution is 0.0698. The molecule has 2 N–H and O–H groups in total. The summed E-state index contributed by atoms with van der Waals surface area (Å²) in [7, 11) is 0. The lowest BCUT2D eigenvalue weighted by atomic mass is 10.1. The monoisotopic (exact) mass is 294 g/mol. The number of aromatic nitrogens is 1. The summed E-state index contributed by atoms with van der Waals surface area (Å²) in [5.74, 6) is -2.75. The molecule has 102 valence electrons. The van der Waals surface area contributed by atoms with Crippen LogP contribution in [0.5, 0.6) is 0 Å². The van der Waals surface area contributed by atoms with E-state index in [0.717, 1.165) is 6.07 Å². The Morgan fingerprint density at radius 1 is 1.25 bits per heavy atom. The SMILES string of the molecule is O=C(Nc1cc(Cl)ccc1C(=O)O)c1cccc(F)n1. The highest BCUT2D eigenvalue weighted by Crippen LogP contribution is 2.21. The molecule has 2 rings (SSSR count). The Bertz CT molecular complexity index is 691. The molecule has 1 aromatic carbocycles. The molecule has 1 aromatic heterocycles. The Kier molecular flexibility index (Phi) is 3.95. The van der Waals surface area contributed by atoms with Gasteiger partial charge in [-0.2, -0.15) is 4.39 Å². The van der Waals surface area contributed by atoms with Crippen molar-refractivity contribution in [3.63, 3.8) is 0 Å². The fourth-order valence-electron chi connectivity index (χ4n) is 1.53. The molecule has 2 aromatic rings. The summed E-state index contributed by atoms with van der Waals surface area (Å²) >= 11 is 5.76. The number of rotatable bonds is 3. The number of nitrogens with one attached hydrogen (secondary N) is 1. The Morgan fingerprint density at radius 3 is 2.65 bits per heavy atom. The Labute approximate surface area is 118 Å². The minimum absolute atomic E-state index is 0.0149. The third-order valence-corrected chi connectivity index (χ3v) is 2.64. The number of carboxylic acids is 1. The number of amides is 1. The molecule has 0 aliphatic carbocycles. The molecule has 0 aliphatic rings. The van der Waals surface area contributed by atoms with Gasteiger partial charge in [0, 0.05) is 5.02 Å². The summed E-state index contributed by atoms with van der Waals surface area (Å²) in [6.07, 6.45) is 0.